The summed E-state index contributed by atoms with van der Waals surface area (Å²) in [4.78, 5) is 0. The summed E-state index contributed by atoms with van der Waals surface area (Å²) in [6, 6.07) is 17.5. The first-order valence-corrected chi connectivity index (χ1v) is 3.53. The van der Waals surface area contributed by atoms with E-state index < -0.39 is 0 Å². The summed E-state index contributed by atoms with van der Waals surface area (Å²) in [6.45, 7) is 0. The predicted molar refractivity (Wildman–Crippen MR) is 48.5 cm³/mol. The van der Waals surface area contributed by atoms with Crippen molar-refractivity contribution in [3.05, 3.63) is 54.6 Å². The Balaban J connectivity index is 0.000000189. The summed E-state index contributed by atoms with van der Waals surface area (Å²) in [5, 5.41) is 0. The first-order valence-electron chi connectivity index (χ1n) is 3.53. The minimum absolute atomic E-state index is 0. The number of nitrogen functional groups attached to an aromatic ring is 1. The van der Waals surface area contributed by atoms with Crippen LogP contribution in [-0.4, -0.2) is 0 Å². The third-order valence-electron chi connectivity index (χ3n) is 1.24. The standard InChI is InChI=1S/C5H6N.C5H5.Ru/c6-5-3-1-2-4-5;1-2-4-5-3-1;/h1-4H,6H2;1-5H;/q2*-1;+2. The van der Waals surface area contributed by atoms with Gasteiger partial charge in [-0.1, -0.05) is 5.69 Å². The van der Waals surface area contributed by atoms with Crippen molar-refractivity contribution in [2.24, 2.45) is 0 Å². The van der Waals surface area contributed by atoms with Gasteiger partial charge >= 0.3 is 19.5 Å². The van der Waals surface area contributed by atoms with E-state index in [4.69, 9.17) is 5.73 Å². The summed E-state index contributed by atoms with van der Waals surface area (Å²) in [5.41, 5.74) is 6.12. The van der Waals surface area contributed by atoms with Crippen LogP contribution in [0.3, 0.4) is 0 Å². The van der Waals surface area contributed by atoms with Gasteiger partial charge in [-0.2, -0.15) is 30.3 Å². The molecule has 2 aromatic rings. The van der Waals surface area contributed by atoms with E-state index in [0.717, 1.165) is 5.69 Å². The number of hydrogen-bond acceptors (Lipinski definition) is 1. The second kappa shape index (κ2) is 6.81. The van der Waals surface area contributed by atoms with Crippen LogP contribution in [0.2, 0.25) is 0 Å². The molecule has 0 saturated heterocycles. The average Bonchev–Trinajstić information content (AvgIpc) is 2.57. The molecule has 0 atom stereocenters. The molecule has 64 valence electrons. The van der Waals surface area contributed by atoms with Crippen molar-refractivity contribution in [1.82, 2.24) is 0 Å². The Kier molecular flexibility index (Phi) is 6.31. The van der Waals surface area contributed by atoms with Crippen molar-refractivity contribution in [1.29, 1.82) is 0 Å². The Morgan fingerprint density at radius 2 is 1.42 bits per heavy atom. The minimum atomic E-state index is 0. The fraction of sp³-hybridized carbons (Fsp3) is 0. The molecule has 0 saturated carbocycles. The van der Waals surface area contributed by atoms with Crippen molar-refractivity contribution >= 4 is 5.69 Å². The van der Waals surface area contributed by atoms with E-state index in [9.17, 15) is 0 Å². The molecule has 2 aromatic carbocycles. The molecule has 0 heterocycles. The van der Waals surface area contributed by atoms with Crippen molar-refractivity contribution < 1.29 is 19.5 Å². The Morgan fingerprint density at radius 1 is 0.917 bits per heavy atom. The number of nitrogens with two attached hydrogens (primary N) is 1. The zero-order chi connectivity index (χ0) is 7.94. The molecule has 0 amide bonds. The van der Waals surface area contributed by atoms with Gasteiger partial charge in [0.2, 0.25) is 0 Å². The van der Waals surface area contributed by atoms with E-state index in [1.54, 1.807) is 0 Å². The molecule has 0 radical (unpaired) electrons. The maximum Gasteiger partial charge on any atom is 2.00 e. The molecule has 2 N–H and O–H groups in total. The number of rotatable bonds is 0. The molecule has 0 unspecified atom stereocenters. The summed E-state index contributed by atoms with van der Waals surface area (Å²) in [5.74, 6) is 0. The summed E-state index contributed by atoms with van der Waals surface area (Å²) >= 11 is 0. The van der Waals surface area contributed by atoms with Gasteiger partial charge in [0.05, 0.1) is 0 Å². The van der Waals surface area contributed by atoms with Gasteiger partial charge in [-0.05, 0) is 0 Å². The fourth-order valence-electron chi connectivity index (χ4n) is 0.710. The molecular weight excluding hydrogens is 235 g/mol. The molecule has 1 nitrogen and oxygen atoms in total. The SMILES string of the molecule is N[c-]1cccc1.[Ru+2].c1cc[cH-]c1. The van der Waals surface area contributed by atoms with Crippen molar-refractivity contribution in [2.45, 2.75) is 0 Å². The van der Waals surface area contributed by atoms with Gasteiger partial charge in [0.15, 0.2) is 0 Å². The molecule has 0 aliphatic carbocycles. The summed E-state index contributed by atoms with van der Waals surface area (Å²) in [7, 11) is 0. The van der Waals surface area contributed by atoms with Crippen LogP contribution < -0.4 is 5.73 Å². The van der Waals surface area contributed by atoms with Crippen molar-refractivity contribution in [3.63, 3.8) is 0 Å². The average molecular weight is 246 g/mol. The Labute approximate surface area is 85.7 Å². The monoisotopic (exact) mass is 247 g/mol. The van der Waals surface area contributed by atoms with Gasteiger partial charge in [-0.3, -0.25) is 0 Å². The van der Waals surface area contributed by atoms with Crippen LogP contribution in [0.25, 0.3) is 0 Å². The first kappa shape index (κ1) is 11.1. The van der Waals surface area contributed by atoms with E-state index in [-0.39, 0.29) is 19.5 Å². The van der Waals surface area contributed by atoms with Gasteiger partial charge in [-0.25, -0.2) is 24.3 Å². The zero-order valence-electron chi connectivity index (χ0n) is 6.63. The maximum atomic E-state index is 5.28. The third kappa shape index (κ3) is 4.87. The number of hydrogen-bond donors (Lipinski definition) is 1. The Morgan fingerprint density at radius 3 is 1.58 bits per heavy atom. The Bertz CT molecular complexity index is 228. The fourth-order valence-corrected chi connectivity index (χ4v) is 0.710. The maximum absolute atomic E-state index is 5.28. The molecule has 0 fully saturated rings. The second-order valence-corrected chi connectivity index (χ2v) is 2.18. The molecule has 0 bridgehead atoms. The van der Waals surface area contributed by atoms with E-state index in [1.165, 1.54) is 0 Å². The van der Waals surface area contributed by atoms with Crippen LogP contribution in [0.5, 0.6) is 0 Å². The topological polar surface area (TPSA) is 26.0 Å². The molecule has 0 spiro atoms. The first-order chi connectivity index (χ1) is 5.39. The van der Waals surface area contributed by atoms with Crippen LogP contribution in [0.15, 0.2) is 54.6 Å². The van der Waals surface area contributed by atoms with Gasteiger partial charge in [0, 0.05) is 0 Å². The van der Waals surface area contributed by atoms with Gasteiger partial charge in [0.1, 0.15) is 0 Å². The molecule has 12 heavy (non-hydrogen) atoms. The third-order valence-corrected chi connectivity index (χ3v) is 1.24. The molecule has 2 rings (SSSR count). The van der Waals surface area contributed by atoms with Crippen LogP contribution in [0, 0.1) is 0 Å². The molecule has 0 aliphatic heterocycles. The molecule has 0 aliphatic rings. The van der Waals surface area contributed by atoms with E-state index >= 15 is 0 Å². The summed E-state index contributed by atoms with van der Waals surface area (Å²) in [6.07, 6.45) is 0. The van der Waals surface area contributed by atoms with Crippen molar-refractivity contribution in [2.75, 3.05) is 5.73 Å². The van der Waals surface area contributed by atoms with Crippen LogP contribution in [-0.2, 0) is 19.5 Å². The zero-order valence-corrected chi connectivity index (χ0v) is 8.37. The Hall–Kier alpha value is -0.877. The largest absolute Gasteiger partial charge is 2.00 e. The molecule has 0 aromatic heterocycles. The van der Waals surface area contributed by atoms with Gasteiger partial charge < -0.3 is 5.73 Å². The quantitative estimate of drug-likeness (QED) is 0.560. The van der Waals surface area contributed by atoms with Crippen LogP contribution in [0.4, 0.5) is 5.69 Å². The summed E-state index contributed by atoms with van der Waals surface area (Å²) < 4.78 is 0. The van der Waals surface area contributed by atoms with Crippen molar-refractivity contribution in [3.8, 4) is 0 Å². The second-order valence-electron chi connectivity index (χ2n) is 2.18. The minimum Gasteiger partial charge on any atom is -0.449 e. The normalized spacial score (nSPS) is 7.67. The van der Waals surface area contributed by atoms with E-state index in [1.807, 2.05) is 54.6 Å². The predicted octanol–water partition coefficient (Wildman–Crippen LogP) is 2.39. The van der Waals surface area contributed by atoms with Crippen LogP contribution >= 0.6 is 0 Å². The van der Waals surface area contributed by atoms with E-state index in [2.05, 4.69) is 0 Å². The van der Waals surface area contributed by atoms with Crippen LogP contribution in [0.1, 0.15) is 0 Å². The molecule has 2 heteroatoms. The van der Waals surface area contributed by atoms with E-state index in [0.29, 0.717) is 0 Å². The smallest absolute Gasteiger partial charge is 0.449 e. The van der Waals surface area contributed by atoms with Gasteiger partial charge in [-0.15, -0.1) is 0 Å². The molecular formula is C10H11NRu. The number of anilines is 1. The van der Waals surface area contributed by atoms with Gasteiger partial charge in [0.25, 0.3) is 0 Å².